The van der Waals surface area contributed by atoms with Crippen LogP contribution in [-0.2, 0) is 0 Å². The fourth-order valence-corrected chi connectivity index (χ4v) is 3.19. The molecule has 0 aliphatic carbocycles. The largest absolute Gasteiger partial charge is 0.481 e. The molecule has 0 amide bonds. The highest BCUT2D eigenvalue weighted by molar-refractivity contribution is 5.31. The maximum atomic E-state index is 6.46. The smallest absolute Gasteiger partial charge is 0.165 e. The molecule has 2 atom stereocenters. The van der Waals surface area contributed by atoms with Gasteiger partial charge >= 0.3 is 0 Å². The van der Waals surface area contributed by atoms with Gasteiger partial charge in [0.1, 0.15) is 11.5 Å². The van der Waals surface area contributed by atoms with Crippen LogP contribution in [0.4, 0.5) is 0 Å². The van der Waals surface area contributed by atoms with E-state index >= 15 is 0 Å². The molecule has 0 saturated heterocycles. The molecule has 0 aliphatic heterocycles. The van der Waals surface area contributed by atoms with Crippen LogP contribution in [0, 0.1) is 0 Å². The molecular formula is C26H22O2. The molecule has 2 heteroatoms. The van der Waals surface area contributed by atoms with Crippen molar-refractivity contribution in [1.29, 1.82) is 0 Å². The summed E-state index contributed by atoms with van der Waals surface area (Å²) in [6.45, 7) is 0. The Morgan fingerprint density at radius 3 is 0.964 bits per heavy atom. The maximum Gasteiger partial charge on any atom is 0.165 e. The lowest BCUT2D eigenvalue weighted by Gasteiger charge is -2.29. The normalized spacial score (nSPS) is 12.7. The molecule has 0 saturated carbocycles. The fraction of sp³-hybridized carbons (Fsp3) is 0.0769. The van der Waals surface area contributed by atoms with E-state index < -0.39 is 0 Å². The highest BCUT2D eigenvalue weighted by atomic mass is 16.5. The van der Waals surface area contributed by atoms with Crippen molar-refractivity contribution in [2.45, 2.75) is 12.2 Å². The van der Waals surface area contributed by atoms with Gasteiger partial charge < -0.3 is 9.47 Å². The van der Waals surface area contributed by atoms with Gasteiger partial charge in [-0.15, -0.1) is 0 Å². The van der Waals surface area contributed by atoms with Crippen molar-refractivity contribution >= 4 is 0 Å². The summed E-state index contributed by atoms with van der Waals surface area (Å²) in [4.78, 5) is 0. The van der Waals surface area contributed by atoms with Gasteiger partial charge in [0.15, 0.2) is 12.2 Å². The lowest BCUT2D eigenvalue weighted by atomic mass is 9.97. The predicted octanol–water partition coefficient (Wildman–Crippen LogP) is 6.63. The van der Waals surface area contributed by atoms with E-state index in [0.717, 1.165) is 22.6 Å². The number of para-hydroxylation sites is 2. The summed E-state index contributed by atoms with van der Waals surface area (Å²) in [7, 11) is 0. The quantitative estimate of drug-likeness (QED) is 0.365. The molecule has 0 spiro atoms. The van der Waals surface area contributed by atoms with Crippen LogP contribution in [0.1, 0.15) is 23.3 Å². The number of hydrogen-bond donors (Lipinski definition) is 0. The van der Waals surface area contributed by atoms with Gasteiger partial charge in [0, 0.05) is 0 Å². The zero-order chi connectivity index (χ0) is 19.0. The standard InChI is InChI=1S/C26H22O2/c1-5-13-21(14-6-1)25(27-23-17-9-3-10-18-23)26(22-15-7-2-8-16-22)28-24-19-11-4-12-20-24/h1-20,25-26H. The van der Waals surface area contributed by atoms with Crippen LogP contribution in [-0.4, -0.2) is 0 Å². The summed E-state index contributed by atoms with van der Waals surface area (Å²) in [5.74, 6) is 1.63. The molecule has 2 nitrogen and oxygen atoms in total. The first kappa shape index (κ1) is 17.9. The van der Waals surface area contributed by atoms with E-state index in [1.165, 1.54) is 0 Å². The van der Waals surface area contributed by atoms with Crippen molar-refractivity contribution in [3.63, 3.8) is 0 Å². The second kappa shape index (κ2) is 8.92. The summed E-state index contributed by atoms with van der Waals surface area (Å²) < 4.78 is 12.9. The zero-order valence-electron chi connectivity index (χ0n) is 15.5. The number of hydrogen-bond acceptors (Lipinski definition) is 2. The van der Waals surface area contributed by atoms with E-state index in [1.807, 2.05) is 97.1 Å². The molecule has 4 rings (SSSR count). The second-order valence-corrected chi connectivity index (χ2v) is 6.52. The first-order chi connectivity index (χ1) is 13.9. The number of ether oxygens (including phenoxy) is 2. The van der Waals surface area contributed by atoms with Gasteiger partial charge in [-0.3, -0.25) is 0 Å². The van der Waals surface area contributed by atoms with Crippen LogP contribution in [0.25, 0.3) is 0 Å². The van der Waals surface area contributed by atoms with Crippen molar-refractivity contribution in [1.82, 2.24) is 0 Å². The second-order valence-electron chi connectivity index (χ2n) is 6.52. The predicted molar refractivity (Wildman–Crippen MR) is 113 cm³/mol. The monoisotopic (exact) mass is 366 g/mol. The minimum Gasteiger partial charge on any atom is -0.481 e. The van der Waals surface area contributed by atoms with Gasteiger partial charge in [0.25, 0.3) is 0 Å². The van der Waals surface area contributed by atoms with Crippen LogP contribution in [0.5, 0.6) is 11.5 Å². The molecule has 28 heavy (non-hydrogen) atoms. The first-order valence-electron chi connectivity index (χ1n) is 9.43. The maximum absolute atomic E-state index is 6.46. The van der Waals surface area contributed by atoms with Crippen molar-refractivity contribution in [3.8, 4) is 11.5 Å². The average molecular weight is 366 g/mol. The van der Waals surface area contributed by atoms with Crippen molar-refractivity contribution < 1.29 is 9.47 Å². The van der Waals surface area contributed by atoms with E-state index in [4.69, 9.17) is 9.47 Å². The zero-order valence-corrected chi connectivity index (χ0v) is 15.5. The lowest BCUT2D eigenvalue weighted by Crippen LogP contribution is -2.22. The van der Waals surface area contributed by atoms with Gasteiger partial charge in [-0.05, 0) is 35.4 Å². The number of benzene rings is 4. The van der Waals surface area contributed by atoms with E-state index in [9.17, 15) is 0 Å². The molecule has 0 N–H and O–H groups in total. The molecule has 0 radical (unpaired) electrons. The minimum absolute atomic E-state index is 0.300. The minimum atomic E-state index is -0.300. The van der Waals surface area contributed by atoms with Crippen molar-refractivity contribution in [3.05, 3.63) is 132 Å². The highest BCUT2D eigenvalue weighted by Gasteiger charge is 2.29. The van der Waals surface area contributed by atoms with Crippen LogP contribution >= 0.6 is 0 Å². The highest BCUT2D eigenvalue weighted by Crippen LogP contribution is 2.37. The molecule has 4 aromatic rings. The Balaban J connectivity index is 1.76. The van der Waals surface area contributed by atoms with Crippen LogP contribution in [0.15, 0.2) is 121 Å². The first-order valence-corrected chi connectivity index (χ1v) is 9.43. The SMILES string of the molecule is c1ccc(OC(c2ccccc2)C(Oc2ccccc2)c2ccccc2)cc1. The van der Waals surface area contributed by atoms with Crippen LogP contribution in [0.2, 0.25) is 0 Å². The van der Waals surface area contributed by atoms with Crippen molar-refractivity contribution in [2.75, 3.05) is 0 Å². The Bertz CT molecular complexity index is 871. The van der Waals surface area contributed by atoms with Crippen molar-refractivity contribution in [2.24, 2.45) is 0 Å². The summed E-state index contributed by atoms with van der Waals surface area (Å²) >= 11 is 0. The fourth-order valence-electron chi connectivity index (χ4n) is 3.19. The Morgan fingerprint density at radius 1 is 0.357 bits per heavy atom. The molecule has 4 aromatic carbocycles. The van der Waals surface area contributed by atoms with Gasteiger partial charge in [-0.1, -0.05) is 97.1 Å². The third-order valence-corrected chi connectivity index (χ3v) is 4.54. The Labute approximate surface area is 166 Å². The Morgan fingerprint density at radius 2 is 0.643 bits per heavy atom. The average Bonchev–Trinajstić information content (AvgIpc) is 2.79. The molecule has 0 heterocycles. The van der Waals surface area contributed by atoms with E-state index in [1.54, 1.807) is 0 Å². The molecule has 138 valence electrons. The van der Waals surface area contributed by atoms with Gasteiger partial charge in [-0.2, -0.15) is 0 Å². The molecule has 0 aliphatic rings. The lowest BCUT2D eigenvalue weighted by molar-refractivity contribution is 0.0524. The molecular weight excluding hydrogens is 344 g/mol. The van der Waals surface area contributed by atoms with Gasteiger partial charge in [-0.25, -0.2) is 0 Å². The number of rotatable bonds is 7. The topological polar surface area (TPSA) is 18.5 Å². The van der Waals surface area contributed by atoms with E-state index in [2.05, 4.69) is 24.3 Å². The Hall–Kier alpha value is -3.52. The molecule has 0 fully saturated rings. The summed E-state index contributed by atoms with van der Waals surface area (Å²) in [5.41, 5.74) is 2.13. The summed E-state index contributed by atoms with van der Waals surface area (Å²) in [5, 5.41) is 0. The summed E-state index contributed by atoms with van der Waals surface area (Å²) in [6.07, 6.45) is -0.600. The van der Waals surface area contributed by atoms with Gasteiger partial charge in [0.2, 0.25) is 0 Å². The van der Waals surface area contributed by atoms with Gasteiger partial charge in [0.05, 0.1) is 0 Å². The molecule has 0 aromatic heterocycles. The molecule has 2 unspecified atom stereocenters. The van der Waals surface area contributed by atoms with Crippen LogP contribution in [0.3, 0.4) is 0 Å². The summed E-state index contributed by atoms with van der Waals surface area (Å²) in [6, 6.07) is 40.2. The molecule has 0 bridgehead atoms. The van der Waals surface area contributed by atoms with Crippen LogP contribution < -0.4 is 9.47 Å². The van der Waals surface area contributed by atoms with E-state index in [0.29, 0.717) is 0 Å². The third-order valence-electron chi connectivity index (χ3n) is 4.54. The third kappa shape index (κ3) is 4.41. The van der Waals surface area contributed by atoms with E-state index in [-0.39, 0.29) is 12.2 Å². The Kier molecular flexibility index (Phi) is 5.69.